The van der Waals surface area contributed by atoms with Gasteiger partial charge in [0.1, 0.15) is 0 Å². The van der Waals surface area contributed by atoms with Crippen LogP contribution in [-0.2, 0) is 14.8 Å². The van der Waals surface area contributed by atoms with Crippen molar-refractivity contribution in [3.05, 3.63) is 46.2 Å². The SMILES string of the molecule is Cc1ccc(S(=O)(=O)N2CCCCC2)cc1NC(=O)CN1CCC[C@@H]1c1cccs1. The lowest BCUT2D eigenvalue weighted by atomic mass is 10.2. The molecule has 4 rings (SSSR count). The van der Waals surface area contributed by atoms with Crippen LogP contribution in [-0.4, -0.2) is 49.7 Å². The number of hydrogen-bond donors (Lipinski definition) is 1. The summed E-state index contributed by atoms with van der Waals surface area (Å²) in [4.78, 5) is 16.6. The number of hydrogen-bond acceptors (Lipinski definition) is 5. The second-order valence-electron chi connectivity index (χ2n) is 8.13. The molecule has 0 aliphatic carbocycles. The fourth-order valence-corrected chi connectivity index (χ4v) is 6.78. The first-order valence-electron chi connectivity index (χ1n) is 10.6. The minimum absolute atomic E-state index is 0.103. The Morgan fingerprint density at radius 3 is 2.67 bits per heavy atom. The first-order valence-corrected chi connectivity index (χ1v) is 13.0. The van der Waals surface area contributed by atoms with E-state index in [2.05, 4.69) is 21.7 Å². The van der Waals surface area contributed by atoms with Crippen molar-refractivity contribution < 1.29 is 13.2 Å². The van der Waals surface area contributed by atoms with Crippen LogP contribution in [0.3, 0.4) is 0 Å². The highest BCUT2D eigenvalue weighted by Crippen LogP contribution is 2.34. The second kappa shape index (κ2) is 9.18. The van der Waals surface area contributed by atoms with Gasteiger partial charge in [-0.25, -0.2) is 8.42 Å². The summed E-state index contributed by atoms with van der Waals surface area (Å²) in [5, 5.41) is 5.03. The first-order chi connectivity index (χ1) is 14.4. The summed E-state index contributed by atoms with van der Waals surface area (Å²) in [5.74, 6) is -0.103. The number of thiophene rings is 1. The standard InChI is InChI=1S/C22H29N3O3S2/c1-17-9-10-18(30(27,28)25-12-3-2-4-13-25)15-19(17)23-22(26)16-24-11-5-7-20(24)21-8-6-14-29-21/h6,8-10,14-15,20H,2-5,7,11-13,16H2,1H3,(H,23,26)/t20-/m1/s1. The Morgan fingerprint density at radius 2 is 1.93 bits per heavy atom. The lowest BCUT2D eigenvalue weighted by Gasteiger charge is -2.26. The van der Waals surface area contributed by atoms with Crippen molar-refractivity contribution in [1.29, 1.82) is 0 Å². The molecule has 0 spiro atoms. The van der Waals surface area contributed by atoms with E-state index in [4.69, 9.17) is 0 Å². The molecular formula is C22H29N3O3S2. The van der Waals surface area contributed by atoms with Crippen molar-refractivity contribution in [2.75, 3.05) is 31.5 Å². The molecule has 0 bridgehead atoms. The monoisotopic (exact) mass is 447 g/mol. The van der Waals surface area contributed by atoms with Gasteiger partial charge in [0.25, 0.3) is 0 Å². The molecule has 2 saturated heterocycles. The number of piperidine rings is 1. The lowest BCUT2D eigenvalue weighted by Crippen LogP contribution is -2.35. The molecule has 1 aromatic heterocycles. The normalized spacial score (nSPS) is 21.0. The van der Waals surface area contributed by atoms with Gasteiger partial charge in [0.15, 0.2) is 0 Å². The van der Waals surface area contributed by atoms with E-state index in [9.17, 15) is 13.2 Å². The van der Waals surface area contributed by atoms with E-state index in [1.165, 1.54) is 4.88 Å². The molecule has 8 heteroatoms. The van der Waals surface area contributed by atoms with Crippen molar-refractivity contribution in [2.24, 2.45) is 0 Å². The Bertz CT molecular complexity index is 983. The van der Waals surface area contributed by atoms with Gasteiger partial charge in [0.2, 0.25) is 15.9 Å². The number of likely N-dealkylation sites (tertiary alicyclic amines) is 1. The molecule has 2 aliphatic rings. The highest BCUT2D eigenvalue weighted by Gasteiger charge is 2.29. The quantitative estimate of drug-likeness (QED) is 0.727. The molecule has 1 amide bonds. The van der Waals surface area contributed by atoms with Crippen LogP contribution in [0.25, 0.3) is 0 Å². The third kappa shape index (κ3) is 4.61. The van der Waals surface area contributed by atoms with Crippen molar-refractivity contribution in [2.45, 2.75) is 50.0 Å². The molecule has 2 aromatic rings. The average Bonchev–Trinajstić information content (AvgIpc) is 3.42. The Kier molecular flexibility index (Phi) is 6.57. The Balaban J connectivity index is 1.46. The van der Waals surface area contributed by atoms with Gasteiger partial charge in [-0.1, -0.05) is 18.6 Å². The summed E-state index contributed by atoms with van der Waals surface area (Å²) in [6, 6.07) is 9.50. The Labute approximate surface area is 182 Å². The number of aryl methyl sites for hydroxylation is 1. The lowest BCUT2D eigenvalue weighted by molar-refractivity contribution is -0.117. The maximum Gasteiger partial charge on any atom is 0.243 e. The zero-order chi connectivity index (χ0) is 21.1. The first kappa shape index (κ1) is 21.5. The van der Waals surface area contributed by atoms with Gasteiger partial charge in [-0.15, -0.1) is 11.3 Å². The third-order valence-corrected chi connectivity index (χ3v) is 8.89. The molecule has 1 aromatic carbocycles. The van der Waals surface area contributed by atoms with Gasteiger partial charge >= 0.3 is 0 Å². The van der Waals surface area contributed by atoms with E-state index in [1.54, 1.807) is 33.8 Å². The minimum atomic E-state index is -3.52. The molecule has 162 valence electrons. The van der Waals surface area contributed by atoms with Crippen molar-refractivity contribution in [3.8, 4) is 0 Å². The average molecular weight is 448 g/mol. The van der Waals surface area contributed by atoms with Crippen LogP contribution in [0.1, 0.15) is 48.6 Å². The molecule has 1 atom stereocenters. The number of rotatable bonds is 6. The highest BCUT2D eigenvalue weighted by molar-refractivity contribution is 7.89. The van der Waals surface area contributed by atoms with Crippen LogP contribution in [0.2, 0.25) is 0 Å². The van der Waals surface area contributed by atoms with Crippen LogP contribution >= 0.6 is 11.3 Å². The van der Waals surface area contributed by atoms with Gasteiger partial charge < -0.3 is 5.32 Å². The number of benzene rings is 1. The predicted octanol–water partition coefficient (Wildman–Crippen LogP) is 4.01. The van der Waals surface area contributed by atoms with E-state index in [1.807, 2.05) is 13.0 Å². The van der Waals surface area contributed by atoms with E-state index in [0.29, 0.717) is 31.4 Å². The number of nitrogens with one attached hydrogen (secondary N) is 1. The van der Waals surface area contributed by atoms with Gasteiger partial charge in [0.05, 0.1) is 11.4 Å². The van der Waals surface area contributed by atoms with Crippen molar-refractivity contribution in [1.82, 2.24) is 9.21 Å². The molecule has 1 N–H and O–H groups in total. The molecule has 0 radical (unpaired) electrons. The highest BCUT2D eigenvalue weighted by atomic mass is 32.2. The molecule has 0 unspecified atom stereocenters. The van der Waals surface area contributed by atoms with Crippen LogP contribution in [0, 0.1) is 6.92 Å². The second-order valence-corrected chi connectivity index (χ2v) is 11.1. The number of carbonyl (C=O) groups excluding carboxylic acids is 1. The predicted molar refractivity (Wildman–Crippen MR) is 120 cm³/mol. The fourth-order valence-electron chi connectivity index (χ4n) is 4.34. The molecule has 2 aliphatic heterocycles. The summed E-state index contributed by atoms with van der Waals surface area (Å²) >= 11 is 1.73. The minimum Gasteiger partial charge on any atom is -0.325 e. The van der Waals surface area contributed by atoms with Gasteiger partial charge in [-0.2, -0.15) is 4.31 Å². The van der Waals surface area contributed by atoms with Crippen molar-refractivity contribution >= 4 is 33.0 Å². The summed E-state index contributed by atoms with van der Waals surface area (Å²) in [6.07, 6.45) is 5.02. The number of anilines is 1. The van der Waals surface area contributed by atoms with E-state index >= 15 is 0 Å². The van der Waals surface area contributed by atoms with E-state index < -0.39 is 10.0 Å². The maximum absolute atomic E-state index is 13.0. The van der Waals surface area contributed by atoms with Crippen LogP contribution in [0.15, 0.2) is 40.6 Å². The summed E-state index contributed by atoms with van der Waals surface area (Å²) in [7, 11) is -3.52. The van der Waals surface area contributed by atoms with Gasteiger partial charge in [0, 0.05) is 29.7 Å². The number of nitrogens with zero attached hydrogens (tertiary/aromatic N) is 2. The Hall–Kier alpha value is -1.74. The van der Waals surface area contributed by atoms with Crippen LogP contribution in [0.5, 0.6) is 0 Å². The van der Waals surface area contributed by atoms with Crippen LogP contribution < -0.4 is 5.32 Å². The van der Waals surface area contributed by atoms with Gasteiger partial charge in [-0.05, 0) is 68.3 Å². The zero-order valence-electron chi connectivity index (χ0n) is 17.3. The fraction of sp³-hybridized carbons (Fsp3) is 0.500. The third-order valence-electron chi connectivity index (χ3n) is 6.02. The van der Waals surface area contributed by atoms with Crippen molar-refractivity contribution in [3.63, 3.8) is 0 Å². The largest absolute Gasteiger partial charge is 0.325 e. The molecule has 0 saturated carbocycles. The van der Waals surface area contributed by atoms with E-state index in [0.717, 1.165) is 44.2 Å². The summed E-state index contributed by atoms with van der Waals surface area (Å²) in [6.45, 7) is 4.23. The summed E-state index contributed by atoms with van der Waals surface area (Å²) < 4.78 is 27.5. The molecular weight excluding hydrogens is 418 g/mol. The molecule has 3 heterocycles. The van der Waals surface area contributed by atoms with Gasteiger partial charge in [-0.3, -0.25) is 9.69 Å². The number of sulfonamides is 1. The summed E-state index contributed by atoms with van der Waals surface area (Å²) in [5.41, 5.74) is 1.43. The topological polar surface area (TPSA) is 69.7 Å². The number of amides is 1. The smallest absolute Gasteiger partial charge is 0.243 e. The molecule has 6 nitrogen and oxygen atoms in total. The maximum atomic E-state index is 13.0. The molecule has 30 heavy (non-hydrogen) atoms. The Morgan fingerprint density at radius 1 is 1.13 bits per heavy atom. The van der Waals surface area contributed by atoms with E-state index in [-0.39, 0.29) is 10.8 Å². The number of carbonyl (C=O) groups is 1. The van der Waals surface area contributed by atoms with Crippen LogP contribution in [0.4, 0.5) is 5.69 Å². The molecule has 2 fully saturated rings. The zero-order valence-corrected chi connectivity index (χ0v) is 19.0.